The van der Waals surface area contributed by atoms with Crippen LogP contribution in [0.2, 0.25) is 0 Å². The zero-order valence-electron chi connectivity index (χ0n) is 10.6. The molecular weight excluding hydrogens is 228 g/mol. The smallest absolute Gasteiger partial charge is 0.324 e. The molecule has 1 saturated carbocycles. The minimum absolute atomic E-state index is 0.00148. The lowest BCUT2D eigenvalue weighted by Crippen LogP contribution is -2.46. The molecule has 0 N–H and O–H groups in total. The van der Waals surface area contributed by atoms with E-state index >= 15 is 0 Å². The molecule has 96 valence electrons. The lowest BCUT2D eigenvalue weighted by molar-refractivity contribution is -0.155. The number of Topliss-reactive ketones (excluding diaryl/α,β-unsaturated/α-hetero) is 1. The van der Waals surface area contributed by atoms with Crippen LogP contribution in [0.1, 0.15) is 38.2 Å². The number of esters is 1. The Morgan fingerprint density at radius 1 is 1.28 bits per heavy atom. The van der Waals surface area contributed by atoms with E-state index in [9.17, 15) is 9.59 Å². The highest BCUT2D eigenvalue weighted by Crippen LogP contribution is 2.38. The molecule has 3 heteroatoms. The van der Waals surface area contributed by atoms with Gasteiger partial charge in [0.1, 0.15) is 0 Å². The van der Waals surface area contributed by atoms with Crippen molar-refractivity contribution in [3.8, 4) is 0 Å². The first-order chi connectivity index (χ1) is 8.71. The molecule has 1 fully saturated rings. The molecule has 1 aromatic carbocycles. The Labute approximate surface area is 107 Å². The van der Waals surface area contributed by atoms with Crippen LogP contribution in [-0.4, -0.2) is 18.4 Å². The Balaban J connectivity index is 2.45. The van der Waals surface area contributed by atoms with Gasteiger partial charge in [-0.15, -0.1) is 0 Å². The lowest BCUT2D eigenvalue weighted by Gasteiger charge is -2.33. The van der Waals surface area contributed by atoms with Gasteiger partial charge in [-0.3, -0.25) is 9.59 Å². The maximum absolute atomic E-state index is 12.3. The molecule has 1 aromatic rings. The maximum atomic E-state index is 12.3. The summed E-state index contributed by atoms with van der Waals surface area (Å²) in [6, 6.07) is 9.30. The highest BCUT2D eigenvalue weighted by Gasteiger charge is 2.49. The molecule has 1 aliphatic rings. The summed E-state index contributed by atoms with van der Waals surface area (Å²) in [5.41, 5.74) is -0.289. The number of hydrogen-bond donors (Lipinski definition) is 0. The van der Waals surface area contributed by atoms with Gasteiger partial charge in [0.25, 0.3) is 0 Å². The van der Waals surface area contributed by atoms with Crippen molar-refractivity contribution in [2.75, 3.05) is 6.61 Å². The van der Waals surface area contributed by atoms with Crippen LogP contribution in [0.3, 0.4) is 0 Å². The van der Waals surface area contributed by atoms with Gasteiger partial charge >= 0.3 is 5.97 Å². The fraction of sp³-hybridized carbons (Fsp3) is 0.467. The van der Waals surface area contributed by atoms with E-state index in [1.54, 1.807) is 6.92 Å². The number of rotatable bonds is 3. The van der Waals surface area contributed by atoms with Gasteiger partial charge in [0.2, 0.25) is 0 Å². The summed E-state index contributed by atoms with van der Waals surface area (Å²) in [6.45, 7) is 2.07. The average molecular weight is 246 g/mol. The minimum atomic E-state index is -1.06. The number of hydrogen-bond acceptors (Lipinski definition) is 3. The van der Waals surface area contributed by atoms with E-state index in [1.807, 2.05) is 30.3 Å². The molecule has 2 rings (SSSR count). The molecule has 0 radical (unpaired) electrons. The minimum Gasteiger partial charge on any atom is -0.465 e. The summed E-state index contributed by atoms with van der Waals surface area (Å²) >= 11 is 0. The van der Waals surface area contributed by atoms with Crippen molar-refractivity contribution < 1.29 is 14.3 Å². The van der Waals surface area contributed by atoms with E-state index in [1.165, 1.54) is 0 Å². The molecule has 0 saturated heterocycles. The van der Waals surface area contributed by atoms with Gasteiger partial charge in [-0.25, -0.2) is 0 Å². The first-order valence-corrected chi connectivity index (χ1v) is 6.48. The van der Waals surface area contributed by atoms with Crippen molar-refractivity contribution in [2.45, 2.75) is 38.0 Å². The molecule has 0 heterocycles. The highest BCUT2D eigenvalue weighted by atomic mass is 16.5. The average Bonchev–Trinajstić information content (AvgIpc) is 2.41. The van der Waals surface area contributed by atoms with Crippen LogP contribution < -0.4 is 0 Å². The van der Waals surface area contributed by atoms with Crippen LogP contribution in [0.15, 0.2) is 30.3 Å². The predicted molar refractivity (Wildman–Crippen MR) is 68.2 cm³/mol. The summed E-state index contributed by atoms with van der Waals surface area (Å²) in [5, 5.41) is 0. The molecule has 0 aromatic heterocycles. The first kappa shape index (κ1) is 12.8. The third-order valence-electron chi connectivity index (χ3n) is 3.57. The van der Waals surface area contributed by atoms with Crippen molar-refractivity contribution in [3.05, 3.63) is 35.9 Å². The van der Waals surface area contributed by atoms with Crippen LogP contribution in [0, 0.1) is 0 Å². The summed E-state index contributed by atoms with van der Waals surface area (Å²) in [7, 11) is 0. The normalized spacial score (nSPS) is 23.7. The molecule has 0 bridgehead atoms. The molecular formula is C15H18O3. The van der Waals surface area contributed by atoms with Crippen LogP contribution in [-0.2, 0) is 19.7 Å². The maximum Gasteiger partial charge on any atom is 0.324 e. The van der Waals surface area contributed by atoms with E-state index < -0.39 is 5.41 Å². The Bertz CT molecular complexity index is 438. The van der Waals surface area contributed by atoms with Gasteiger partial charge in [0, 0.05) is 6.42 Å². The van der Waals surface area contributed by atoms with Gasteiger partial charge < -0.3 is 4.74 Å². The Kier molecular flexibility index (Phi) is 3.80. The Hall–Kier alpha value is -1.64. The van der Waals surface area contributed by atoms with Crippen LogP contribution in [0.25, 0.3) is 0 Å². The molecule has 0 unspecified atom stereocenters. The molecule has 18 heavy (non-hydrogen) atoms. The van der Waals surface area contributed by atoms with Gasteiger partial charge in [-0.05, 0) is 25.3 Å². The monoisotopic (exact) mass is 246 g/mol. The first-order valence-electron chi connectivity index (χ1n) is 6.48. The van der Waals surface area contributed by atoms with Gasteiger partial charge in [0.15, 0.2) is 11.2 Å². The second kappa shape index (κ2) is 5.34. The number of ether oxygens (including phenoxy) is 1. The third kappa shape index (κ3) is 2.05. The SMILES string of the molecule is CCOC(=O)[C@]1(c2ccccc2)CCCCC1=O. The van der Waals surface area contributed by atoms with Crippen molar-refractivity contribution in [3.63, 3.8) is 0 Å². The standard InChI is InChI=1S/C15H18O3/c1-2-18-14(17)15(11-7-6-10-13(15)16)12-8-4-3-5-9-12/h3-5,8-9H,2,6-7,10-11H2,1H3/t15-/m0/s1. The summed E-state index contributed by atoms with van der Waals surface area (Å²) in [5.74, 6) is -0.390. The van der Waals surface area contributed by atoms with Crippen LogP contribution in [0.4, 0.5) is 0 Å². The van der Waals surface area contributed by atoms with E-state index in [0.717, 1.165) is 18.4 Å². The van der Waals surface area contributed by atoms with Crippen molar-refractivity contribution in [2.24, 2.45) is 0 Å². The van der Waals surface area contributed by atoms with E-state index in [4.69, 9.17) is 4.74 Å². The van der Waals surface area contributed by atoms with E-state index in [0.29, 0.717) is 19.4 Å². The van der Waals surface area contributed by atoms with Crippen molar-refractivity contribution in [1.29, 1.82) is 0 Å². The second-order valence-electron chi connectivity index (χ2n) is 4.62. The Morgan fingerprint density at radius 2 is 2.00 bits per heavy atom. The fourth-order valence-electron chi connectivity index (χ4n) is 2.64. The molecule has 0 spiro atoms. The largest absolute Gasteiger partial charge is 0.465 e. The van der Waals surface area contributed by atoms with E-state index in [2.05, 4.69) is 0 Å². The number of benzene rings is 1. The molecule has 1 atom stereocenters. The Morgan fingerprint density at radius 3 is 2.61 bits per heavy atom. The molecule has 3 nitrogen and oxygen atoms in total. The van der Waals surface area contributed by atoms with E-state index in [-0.39, 0.29) is 11.8 Å². The highest BCUT2D eigenvalue weighted by molar-refractivity contribution is 6.10. The van der Waals surface area contributed by atoms with Crippen LogP contribution >= 0.6 is 0 Å². The van der Waals surface area contributed by atoms with Crippen molar-refractivity contribution in [1.82, 2.24) is 0 Å². The number of carbonyl (C=O) groups excluding carboxylic acids is 2. The number of carbonyl (C=O) groups is 2. The third-order valence-corrected chi connectivity index (χ3v) is 3.57. The lowest BCUT2D eigenvalue weighted by atomic mass is 9.68. The second-order valence-corrected chi connectivity index (χ2v) is 4.62. The van der Waals surface area contributed by atoms with Crippen LogP contribution in [0.5, 0.6) is 0 Å². The summed E-state index contributed by atoms with van der Waals surface area (Å²) in [4.78, 5) is 24.6. The quantitative estimate of drug-likeness (QED) is 0.608. The van der Waals surface area contributed by atoms with Crippen molar-refractivity contribution >= 4 is 11.8 Å². The fourth-order valence-corrected chi connectivity index (χ4v) is 2.64. The zero-order valence-corrected chi connectivity index (χ0v) is 10.6. The molecule has 1 aliphatic carbocycles. The molecule has 0 amide bonds. The summed E-state index contributed by atoms with van der Waals surface area (Å²) < 4.78 is 5.15. The topological polar surface area (TPSA) is 43.4 Å². The zero-order chi connectivity index (χ0) is 13.0. The van der Waals surface area contributed by atoms with Gasteiger partial charge in [-0.2, -0.15) is 0 Å². The van der Waals surface area contributed by atoms with Gasteiger partial charge in [0.05, 0.1) is 6.61 Å². The number of ketones is 1. The molecule has 0 aliphatic heterocycles. The summed E-state index contributed by atoms with van der Waals surface area (Å²) in [6.07, 6.45) is 2.79. The predicted octanol–water partition coefficient (Wildman–Crippen LogP) is 2.63. The van der Waals surface area contributed by atoms with Gasteiger partial charge in [-0.1, -0.05) is 36.8 Å².